The molecule has 8 heteroatoms. The first-order valence-corrected chi connectivity index (χ1v) is 10.4. The molecular weight excluding hydrogens is 358 g/mol. The molecule has 0 heterocycles. The molecule has 0 aliphatic carbocycles. The van der Waals surface area contributed by atoms with E-state index in [9.17, 15) is 23.1 Å². The van der Waals surface area contributed by atoms with Crippen LogP contribution < -0.4 is 5.32 Å². The number of hydrogen-bond donors (Lipinski definition) is 2. The zero-order valence-corrected chi connectivity index (χ0v) is 16.0. The molecule has 1 aromatic carbocycles. The molecule has 26 heavy (non-hydrogen) atoms. The van der Waals surface area contributed by atoms with Crippen molar-refractivity contribution in [2.24, 2.45) is 0 Å². The summed E-state index contributed by atoms with van der Waals surface area (Å²) in [6, 6.07) is 7.35. The zero-order valence-electron chi connectivity index (χ0n) is 15.2. The minimum Gasteiger partial charge on any atom is -0.480 e. The lowest BCUT2D eigenvalue weighted by atomic mass is 10.2. The Hall–Kier alpha value is -2.09. The Labute approximate surface area is 154 Å². The van der Waals surface area contributed by atoms with Crippen LogP contribution in [0, 0.1) is 0 Å². The number of amides is 1. The highest BCUT2D eigenvalue weighted by atomic mass is 32.2. The predicted molar refractivity (Wildman–Crippen MR) is 98.6 cm³/mol. The van der Waals surface area contributed by atoms with Gasteiger partial charge in [-0.05, 0) is 18.4 Å². The van der Waals surface area contributed by atoms with Gasteiger partial charge < -0.3 is 15.2 Å². The number of rotatable bonds is 11. The summed E-state index contributed by atoms with van der Waals surface area (Å²) in [5, 5.41) is 10.8. The van der Waals surface area contributed by atoms with Crippen molar-refractivity contribution in [3.05, 3.63) is 35.9 Å². The number of nitrogens with one attached hydrogen (secondary N) is 1. The molecule has 1 aromatic rings. The Morgan fingerprint density at radius 1 is 1.12 bits per heavy atom. The summed E-state index contributed by atoms with van der Waals surface area (Å²) in [6.45, 7) is 3.73. The van der Waals surface area contributed by atoms with Gasteiger partial charge in [0.05, 0.1) is 11.0 Å². The van der Waals surface area contributed by atoms with Crippen LogP contribution in [0.5, 0.6) is 0 Å². The van der Waals surface area contributed by atoms with Crippen LogP contribution in [0.25, 0.3) is 0 Å². The van der Waals surface area contributed by atoms with Crippen LogP contribution in [0.4, 0.5) is 4.79 Å². The van der Waals surface area contributed by atoms with Crippen molar-refractivity contribution < 1.29 is 27.9 Å². The summed E-state index contributed by atoms with van der Waals surface area (Å²) in [5.41, 5.74) is 0.744. The fourth-order valence-corrected chi connectivity index (χ4v) is 4.75. The maximum absolute atomic E-state index is 12.5. The van der Waals surface area contributed by atoms with E-state index in [0.717, 1.165) is 5.56 Å². The van der Waals surface area contributed by atoms with Crippen molar-refractivity contribution in [3.8, 4) is 0 Å². The van der Waals surface area contributed by atoms with E-state index in [1.165, 1.54) is 0 Å². The number of carbonyl (C=O) groups is 2. The second kappa shape index (κ2) is 10.8. The normalized spacial score (nSPS) is 12.6. The van der Waals surface area contributed by atoms with Crippen LogP contribution in [0.2, 0.25) is 0 Å². The number of aliphatic carboxylic acids is 1. The van der Waals surface area contributed by atoms with Gasteiger partial charge >= 0.3 is 12.1 Å². The average Bonchev–Trinajstić information content (AvgIpc) is 2.60. The zero-order chi connectivity index (χ0) is 19.6. The van der Waals surface area contributed by atoms with Crippen molar-refractivity contribution in [1.29, 1.82) is 0 Å². The number of carboxylic acids is 1. The second-order valence-corrected chi connectivity index (χ2v) is 8.45. The Morgan fingerprint density at radius 3 is 2.19 bits per heavy atom. The second-order valence-electron chi connectivity index (χ2n) is 6.13. The molecule has 0 aromatic heterocycles. The van der Waals surface area contributed by atoms with Gasteiger partial charge in [-0.2, -0.15) is 0 Å². The third kappa shape index (κ3) is 7.43. The van der Waals surface area contributed by atoms with Gasteiger partial charge in [0.15, 0.2) is 9.84 Å². The van der Waals surface area contributed by atoms with Crippen molar-refractivity contribution in [1.82, 2.24) is 5.32 Å². The highest BCUT2D eigenvalue weighted by Gasteiger charge is 2.32. The Kier molecular flexibility index (Phi) is 9.12. The number of hydrogen-bond acceptors (Lipinski definition) is 5. The molecule has 0 fully saturated rings. The predicted octanol–water partition coefficient (Wildman–Crippen LogP) is 2.75. The quantitative estimate of drug-likeness (QED) is 0.606. The molecule has 0 aliphatic rings. The van der Waals surface area contributed by atoms with Crippen molar-refractivity contribution >= 4 is 21.9 Å². The van der Waals surface area contributed by atoms with Crippen LogP contribution >= 0.6 is 0 Å². The number of alkyl carbamates (subject to hydrolysis) is 1. The molecule has 0 saturated carbocycles. The number of ether oxygens (including phenoxy) is 1. The molecule has 2 N–H and O–H groups in total. The van der Waals surface area contributed by atoms with E-state index >= 15 is 0 Å². The third-order valence-corrected chi connectivity index (χ3v) is 6.22. The van der Waals surface area contributed by atoms with E-state index in [2.05, 4.69) is 5.32 Å². The SMILES string of the molecule is CCCC(CCC)S(=O)(=O)C[C@@H](NC(=O)OCc1ccccc1)C(=O)O. The molecule has 0 unspecified atom stereocenters. The summed E-state index contributed by atoms with van der Waals surface area (Å²) in [6.07, 6.45) is 1.36. The first-order chi connectivity index (χ1) is 12.3. The minimum atomic E-state index is -3.65. The summed E-state index contributed by atoms with van der Waals surface area (Å²) < 4.78 is 30.0. The number of sulfone groups is 1. The topological polar surface area (TPSA) is 110 Å². The Morgan fingerprint density at radius 2 is 1.69 bits per heavy atom. The van der Waals surface area contributed by atoms with Crippen molar-refractivity contribution in [3.63, 3.8) is 0 Å². The average molecular weight is 385 g/mol. The van der Waals surface area contributed by atoms with Crippen LogP contribution in [-0.4, -0.2) is 42.6 Å². The summed E-state index contributed by atoms with van der Waals surface area (Å²) in [4.78, 5) is 23.2. The molecular formula is C18H27NO6S. The maximum Gasteiger partial charge on any atom is 0.408 e. The first-order valence-electron chi connectivity index (χ1n) is 8.71. The molecule has 0 spiro atoms. The summed E-state index contributed by atoms with van der Waals surface area (Å²) >= 11 is 0. The van der Waals surface area contributed by atoms with Gasteiger partial charge in [0.1, 0.15) is 12.6 Å². The van der Waals surface area contributed by atoms with E-state index in [-0.39, 0.29) is 6.61 Å². The van der Waals surface area contributed by atoms with Gasteiger partial charge in [-0.1, -0.05) is 57.0 Å². The van der Waals surface area contributed by atoms with Gasteiger partial charge in [-0.3, -0.25) is 0 Å². The highest BCUT2D eigenvalue weighted by Crippen LogP contribution is 2.17. The maximum atomic E-state index is 12.5. The molecule has 1 amide bonds. The van der Waals surface area contributed by atoms with Crippen LogP contribution in [-0.2, 0) is 26.0 Å². The lowest BCUT2D eigenvalue weighted by Gasteiger charge is -2.20. The number of carboxylic acid groups (broad SMARTS) is 1. The van der Waals surface area contributed by atoms with Crippen molar-refractivity contribution in [2.45, 2.75) is 57.4 Å². The number of benzene rings is 1. The van der Waals surface area contributed by atoms with Crippen LogP contribution in [0.3, 0.4) is 0 Å². The summed E-state index contributed by atoms with van der Waals surface area (Å²) in [7, 11) is -3.65. The molecule has 0 radical (unpaired) electrons. The smallest absolute Gasteiger partial charge is 0.408 e. The molecule has 0 bridgehead atoms. The van der Waals surface area contributed by atoms with E-state index < -0.39 is 38.9 Å². The lowest BCUT2D eigenvalue weighted by molar-refractivity contribution is -0.138. The highest BCUT2D eigenvalue weighted by molar-refractivity contribution is 7.92. The van der Waals surface area contributed by atoms with Crippen molar-refractivity contribution in [2.75, 3.05) is 5.75 Å². The first kappa shape index (κ1) is 22.0. The standard InChI is InChI=1S/C18H27NO6S/c1-3-8-15(9-4-2)26(23,24)13-16(17(20)21)19-18(22)25-12-14-10-6-5-7-11-14/h5-7,10-11,15-16H,3-4,8-9,12-13H2,1-2H3,(H,19,22)(H,20,21)/t16-/m1/s1. The van der Waals surface area contributed by atoms with Crippen LogP contribution in [0.15, 0.2) is 30.3 Å². The molecule has 146 valence electrons. The molecule has 0 saturated heterocycles. The summed E-state index contributed by atoms with van der Waals surface area (Å²) in [5.74, 6) is -2.05. The largest absolute Gasteiger partial charge is 0.480 e. The molecule has 0 aliphatic heterocycles. The van der Waals surface area contributed by atoms with E-state index in [0.29, 0.717) is 25.7 Å². The Balaban J connectivity index is 2.69. The van der Waals surface area contributed by atoms with Gasteiger partial charge in [0.2, 0.25) is 0 Å². The third-order valence-electron chi connectivity index (χ3n) is 3.93. The monoisotopic (exact) mass is 385 g/mol. The Bertz CT molecular complexity index is 668. The minimum absolute atomic E-state index is 0.0277. The lowest BCUT2D eigenvalue weighted by Crippen LogP contribution is -2.47. The van der Waals surface area contributed by atoms with E-state index in [4.69, 9.17) is 4.74 Å². The molecule has 1 rings (SSSR count). The molecule has 1 atom stereocenters. The van der Waals surface area contributed by atoms with Crippen LogP contribution in [0.1, 0.15) is 45.1 Å². The van der Waals surface area contributed by atoms with Gasteiger partial charge in [-0.25, -0.2) is 18.0 Å². The van der Waals surface area contributed by atoms with Gasteiger partial charge in [-0.15, -0.1) is 0 Å². The number of carbonyl (C=O) groups excluding carboxylic acids is 1. The fraction of sp³-hybridized carbons (Fsp3) is 0.556. The van der Waals surface area contributed by atoms with Gasteiger partial charge in [0, 0.05) is 0 Å². The van der Waals surface area contributed by atoms with E-state index in [1.54, 1.807) is 24.3 Å². The fourth-order valence-electron chi connectivity index (χ4n) is 2.60. The molecule has 7 nitrogen and oxygen atoms in total. The van der Waals surface area contributed by atoms with E-state index in [1.807, 2.05) is 19.9 Å². The van der Waals surface area contributed by atoms with Gasteiger partial charge in [0.25, 0.3) is 0 Å².